The Kier molecular flexibility index (Phi) is 5.50. The van der Waals surface area contributed by atoms with Gasteiger partial charge in [-0.3, -0.25) is 0 Å². The van der Waals surface area contributed by atoms with Crippen molar-refractivity contribution in [2.24, 2.45) is 0 Å². The first-order chi connectivity index (χ1) is 16.1. The summed E-state index contributed by atoms with van der Waals surface area (Å²) in [6.45, 7) is 0.0724. The van der Waals surface area contributed by atoms with Crippen molar-refractivity contribution in [2.75, 3.05) is 4.31 Å². The van der Waals surface area contributed by atoms with E-state index in [4.69, 9.17) is 8.94 Å². The van der Waals surface area contributed by atoms with E-state index in [0.29, 0.717) is 11.5 Å². The smallest absolute Gasteiger partial charge is 0.312 e. The molecular weight excluding hydrogens is 438 g/mol. The molecule has 5 aromatic rings. The number of benzene rings is 3. The van der Waals surface area contributed by atoms with E-state index in [9.17, 15) is 8.42 Å². The molecule has 7 nitrogen and oxygen atoms in total. The van der Waals surface area contributed by atoms with Crippen LogP contribution in [0.3, 0.4) is 0 Å². The zero-order valence-electron chi connectivity index (χ0n) is 17.4. The maximum Gasteiger partial charge on any atom is 0.312 e. The maximum atomic E-state index is 13.7. The fraction of sp³-hybridized carbons (Fsp3) is 0.0400. The Morgan fingerprint density at radius 2 is 1.48 bits per heavy atom. The van der Waals surface area contributed by atoms with E-state index >= 15 is 0 Å². The van der Waals surface area contributed by atoms with Gasteiger partial charge < -0.3 is 8.94 Å². The highest BCUT2D eigenvalue weighted by atomic mass is 32.2. The van der Waals surface area contributed by atoms with Gasteiger partial charge in [-0.15, -0.1) is 0 Å². The summed E-state index contributed by atoms with van der Waals surface area (Å²) in [5.74, 6) is 0.486. The molecule has 0 saturated carbocycles. The van der Waals surface area contributed by atoms with Crippen LogP contribution in [0.4, 0.5) is 6.01 Å². The predicted molar refractivity (Wildman–Crippen MR) is 124 cm³/mol. The molecule has 3 aromatic carbocycles. The van der Waals surface area contributed by atoms with Crippen molar-refractivity contribution in [1.82, 2.24) is 10.1 Å². The summed E-state index contributed by atoms with van der Waals surface area (Å²) in [5, 5.41) is 3.89. The first kappa shape index (κ1) is 20.7. The van der Waals surface area contributed by atoms with Crippen molar-refractivity contribution < 1.29 is 17.4 Å². The Bertz CT molecular complexity index is 1430. The van der Waals surface area contributed by atoms with Crippen LogP contribution in [0.15, 0.2) is 117 Å². The van der Waals surface area contributed by atoms with Crippen LogP contribution >= 0.6 is 0 Å². The van der Waals surface area contributed by atoms with Crippen LogP contribution in [0.5, 0.6) is 0 Å². The normalized spacial score (nSPS) is 11.4. The minimum atomic E-state index is -3.97. The van der Waals surface area contributed by atoms with Gasteiger partial charge in [-0.05, 0) is 17.7 Å². The van der Waals surface area contributed by atoms with Crippen LogP contribution in [-0.4, -0.2) is 18.6 Å². The molecule has 0 bridgehead atoms. The van der Waals surface area contributed by atoms with E-state index in [1.165, 1.54) is 16.8 Å². The highest BCUT2D eigenvalue weighted by Crippen LogP contribution is 2.30. The maximum absolute atomic E-state index is 13.7. The van der Waals surface area contributed by atoms with E-state index in [-0.39, 0.29) is 17.5 Å². The van der Waals surface area contributed by atoms with Crippen LogP contribution in [0.2, 0.25) is 0 Å². The Morgan fingerprint density at radius 1 is 0.788 bits per heavy atom. The summed E-state index contributed by atoms with van der Waals surface area (Å²) >= 11 is 0. The molecule has 0 aliphatic heterocycles. The number of aromatic nitrogens is 2. The molecule has 0 aliphatic rings. The highest BCUT2D eigenvalue weighted by Gasteiger charge is 2.29. The first-order valence-electron chi connectivity index (χ1n) is 10.2. The number of anilines is 1. The van der Waals surface area contributed by atoms with Gasteiger partial charge in [0.1, 0.15) is 12.0 Å². The average Bonchev–Trinajstić information content (AvgIpc) is 3.57. The number of hydrogen-bond acceptors (Lipinski definition) is 6. The lowest BCUT2D eigenvalue weighted by Gasteiger charge is -2.21. The molecule has 0 amide bonds. The second-order valence-electron chi connectivity index (χ2n) is 7.28. The van der Waals surface area contributed by atoms with E-state index < -0.39 is 10.0 Å². The fourth-order valence-corrected chi connectivity index (χ4v) is 4.75. The molecule has 0 unspecified atom stereocenters. The van der Waals surface area contributed by atoms with Crippen molar-refractivity contribution in [2.45, 2.75) is 11.4 Å². The molecule has 0 N–H and O–H groups in total. The molecule has 0 radical (unpaired) electrons. The minimum Gasteiger partial charge on any atom is -0.423 e. The van der Waals surface area contributed by atoms with Gasteiger partial charge in [0.2, 0.25) is 0 Å². The predicted octanol–water partition coefficient (Wildman–Crippen LogP) is 5.39. The van der Waals surface area contributed by atoms with Crippen LogP contribution < -0.4 is 4.31 Å². The molecule has 2 aromatic heterocycles. The number of rotatable bonds is 7. The third-order valence-electron chi connectivity index (χ3n) is 5.11. The number of oxazole rings is 1. The van der Waals surface area contributed by atoms with E-state index in [0.717, 1.165) is 16.7 Å². The monoisotopic (exact) mass is 457 g/mol. The molecule has 0 atom stereocenters. The third kappa shape index (κ3) is 4.28. The van der Waals surface area contributed by atoms with Crippen LogP contribution in [0.1, 0.15) is 5.56 Å². The number of sulfonamides is 1. The topological polar surface area (TPSA) is 89.4 Å². The van der Waals surface area contributed by atoms with Gasteiger partial charge in [0, 0.05) is 17.2 Å². The molecule has 0 fully saturated rings. The summed E-state index contributed by atoms with van der Waals surface area (Å²) in [7, 11) is -3.97. The van der Waals surface area contributed by atoms with Gasteiger partial charge in [0.05, 0.1) is 17.6 Å². The zero-order valence-corrected chi connectivity index (χ0v) is 18.2. The second kappa shape index (κ2) is 8.76. The Balaban J connectivity index is 1.53. The van der Waals surface area contributed by atoms with Crippen molar-refractivity contribution >= 4 is 16.0 Å². The average molecular weight is 458 g/mol. The Morgan fingerprint density at radius 3 is 2.15 bits per heavy atom. The lowest BCUT2D eigenvalue weighted by Crippen LogP contribution is -2.30. The first-order valence-corrected chi connectivity index (χ1v) is 11.6. The molecule has 0 saturated heterocycles. The molecule has 164 valence electrons. The molecular formula is C25H19N3O4S. The standard InChI is InChI=1S/C25H19N3O4S/c29-33(30,22-13-11-20(12-14-22)23-15-16-31-27-23)28(18-19-7-3-1-4-8-19)25-26-17-24(32-25)21-9-5-2-6-10-21/h1-17H,18H2. The van der Waals surface area contributed by atoms with Crippen molar-refractivity contribution in [3.8, 4) is 22.6 Å². The quantitative estimate of drug-likeness (QED) is 0.325. The molecule has 33 heavy (non-hydrogen) atoms. The van der Waals surface area contributed by atoms with Gasteiger partial charge in [0.25, 0.3) is 10.0 Å². The van der Waals surface area contributed by atoms with Crippen molar-refractivity contribution in [1.29, 1.82) is 0 Å². The SMILES string of the molecule is O=S(=O)(c1ccc(-c2ccon2)cc1)N(Cc1ccccc1)c1ncc(-c2ccccc2)o1. The van der Waals surface area contributed by atoms with E-state index in [1.54, 1.807) is 30.3 Å². The Hall–Kier alpha value is -4.17. The largest absolute Gasteiger partial charge is 0.423 e. The number of nitrogens with zero attached hydrogens (tertiary/aromatic N) is 3. The number of hydrogen-bond donors (Lipinski definition) is 0. The molecule has 0 spiro atoms. The van der Waals surface area contributed by atoms with Gasteiger partial charge in [-0.25, -0.2) is 17.7 Å². The van der Waals surface area contributed by atoms with Crippen LogP contribution in [0.25, 0.3) is 22.6 Å². The van der Waals surface area contributed by atoms with Crippen molar-refractivity contribution in [3.05, 3.63) is 109 Å². The second-order valence-corrected chi connectivity index (χ2v) is 9.14. The summed E-state index contributed by atoms with van der Waals surface area (Å²) in [5.41, 5.74) is 2.99. The van der Waals surface area contributed by atoms with E-state index in [2.05, 4.69) is 10.1 Å². The summed E-state index contributed by atoms with van der Waals surface area (Å²) in [6.07, 6.45) is 3.00. The Labute approximate surface area is 191 Å². The molecule has 5 rings (SSSR count). The van der Waals surface area contributed by atoms with E-state index in [1.807, 2.05) is 60.7 Å². The van der Waals surface area contributed by atoms with Crippen LogP contribution in [-0.2, 0) is 16.6 Å². The molecule has 8 heteroatoms. The molecule has 2 heterocycles. The van der Waals surface area contributed by atoms with Gasteiger partial charge in [-0.2, -0.15) is 0 Å². The lowest BCUT2D eigenvalue weighted by molar-refractivity contribution is 0.422. The third-order valence-corrected chi connectivity index (χ3v) is 6.84. The zero-order chi connectivity index (χ0) is 22.7. The summed E-state index contributed by atoms with van der Waals surface area (Å²) < 4.78 is 39.3. The van der Waals surface area contributed by atoms with Crippen molar-refractivity contribution in [3.63, 3.8) is 0 Å². The lowest BCUT2D eigenvalue weighted by atomic mass is 10.2. The van der Waals surface area contributed by atoms with Crippen LogP contribution in [0, 0.1) is 0 Å². The summed E-state index contributed by atoms with van der Waals surface area (Å²) in [6, 6.07) is 26.9. The summed E-state index contributed by atoms with van der Waals surface area (Å²) in [4.78, 5) is 4.41. The molecule has 0 aliphatic carbocycles. The van der Waals surface area contributed by atoms with Gasteiger partial charge in [0.15, 0.2) is 5.76 Å². The minimum absolute atomic E-state index is 0.00159. The van der Waals surface area contributed by atoms with Gasteiger partial charge >= 0.3 is 6.01 Å². The highest BCUT2D eigenvalue weighted by molar-refractivity contribution is 7.92. The van der Waals surface area contributed by atoms with Gasteiger partial charge in [-0.1, -0.05) is 78.0 Å². The fourth-order valence-electron chi connectivity index (χ4n) is 3.41.